The number of anilines is 1. The number of nitrogens with zero attached hydrogens (tertiary/aromatic N) is 1. The molecule has 0 atom stereocenters. The molecule has 5 aromatic rings. The number of nitrogens with one attached hydrogen (secondary N) is 1. The maximum Gasteiger partial charge on any atom is 0.339 e. The molecule has 34 heavy (non-hydrogen) atoms. The van der Waals surface area contributed by atoms with E-state index in [0.717, 1.165) is 5.39 Å². The van der Waals surface area contributed by atoms with E-state index in [-0.39, 0.29) is 5.02 Å². The molecule has 0 aliphatic rings. The van der Waals surface area contributed by atoms with Gasteiger partial charge in [-0.05, 0) is 41.8 Å². The lowest BCUT2D eigenvalue weighted by molar-refractivity contribution is -0.119. The summed E-state index contributed by atoms with van der Waals surface area (Å²) in [6, 6.07) is 23.1. The van der Waals surface area contributed by atoms with Gasteiger partial charge in [0, 0.05) is 10.9 Å². The lowest BCUT2D eigenvalue weighted by atomic mass is 9.99. The standard InChI is InChI=1S/C26H16Cl2N2O4/c27-18-10-5-12-20(24(18)28)29-22(31)14-33-26(32)17-9-4-7-15-6-3-8-16(23(15)17)25-30-19-11-1-2-13-21(19)34-25/h1-13H,14H2,(H,29,31). The van der Waals surface area contributed by atoms with E-state index in [4.69, 9.17) is 32.4 Å². The molecule has 0 aliphatic carbocycles. The monoisotopic (exact) mass is 490 g/mol. The number of aromatic nitrogens is 1. The van der Waals surface area contributed by atoms with Crippen LogP contribution in [0.3, 0.4) is 0 Å². The Morgan fingerprint density at radius 3 is 2.50 bits per heavy atom. The molecular weight excluding hydrogens is 475 g/mol. The van der Waals surface area contributed by atoms with E-state index < -0.39 is 18.5 Å². The van der Waals surface area contributed by atoms with E-state index in [1.165, 1.54) is 0 Å². The highest BCUT2D eigenvalue weighted by molar-refractivity contribution is 6.44. The van der Waals surface area contributed by atoms with Crippen molar-refractivity contribution >= 4 is 62.6 Å². The molecule has 0 radical (unpaired) electrons. The number of halogens is 2. The molecule has 0 saturated carbocycles. The number of rotatable bonds is 5. The van der Waals surface area contributed by atoms with Gasteiger partial charge in [0.25, 0.3) is 5.91 Å². The van der Waals surface area contributed by atoms with Crippen LogP contribution < -0.4 is 5.32 Å². The van der Waals surface area contributed by atoms with Crippen LogP contribution in [-0.2, 0) is 9.53 Å². The van der Waals surface area contributed by atoms with E-state index in [1.807, 2.05) is 48.5 Å². The first kappa shape index (κ1) is 21.9. The second-order valence-corrected chi connectivity index (χ2v) is 8.21. The molecule has 6 nitrogen and oxygen atoms in total. The highest BCUT2D eigenvalue weighted by atomic mass is 35.5. The predicted octanol–water partition coefficient (Wildman–Crippen LogP) is 6.75. The first-order valence-corrected chi connectivity index (χ1v) is 11.1. The summed E-state index contributed by atoms with van der Waals surface area (Å²) in [5, 5.41) is 4.54. The minimum absolute atomic E-state index is 0.209. The number of hydrogen-bond acceptors (Lipinski definition) is 5. The second kappa shape index (κ2) is 9.17. The van der Waals surface area contributed by atoms with Gasteiger partial charge in [0.05, 0.1) is 21.3 Å². The number of fused-ring (bicyclic) bond motifs is 2. The van der Waals surface area contributed by atoms with Crippen molar-refractivity contribution in [2.24, 2.45) is 0 Å². The summed E-state index contributed by atoms with van der Waals surface area (Å²) in [6.45, 7) is -0.497. The van der Waals surface area contributed by atoms with Crippen LogP contribution in [0.4, 0.5) is 5.69 Å². The van der Waals surface area contributed by atoms with Crippen molar-refractivity contribution < 1.29 is 18.7 Å². The summed E-state index contributed by atoms with van der Waals surface area (Å²) < 4.78 is 11.2. The fourth-order valence-electron chi connectivity index (χ4n) is 3.67. The van der Waals surface area contributed by atoms with Crippen molar-refractivity contribution in [2.45, 2.75) is 0 Å². The van der Waals surface area contributed by atoms with E-state index in [1.54, 1.807) is 30.3 Å². The molecule has 5 rings (SSSR count). The summed E-state index contributed by atoms with van der Waals surface area (Å²) in [7, 11) is 0. The second-order valence-electron chi connectivity index (χ2n) is 7.42. The summed E-state index contributed by atoms with van der Waals surface area (Å²) in [5.74, 6) is -0.807. The van der Waals surface area contributed by atoms with Crippen LogP contribution in [0.1, 0.15) is 10.4 Å². The molecule has 0 fully saturated rings. The normalized spacial score (nSPS) is 11.0. The molecule has 1 N–H and O–H groups in total. The van der Waals surface area contributed by atoms with Crippen LogP contribution in [0.2, 0.25) is 10.0 Å². The minimum Gasteiger partial charge on any atom is -0.452 e. The lowest BCUT2D eigenvalue weighted by Crippen LogP contribution is -2.21. The third-order valence-corrected chi connectivity index (χ3v) is 6.03. The van der Waals surface area contributed by atoms with Crippen molar-refractivity contribution in [3.05, 3.63) is 94.5 Å². The van der Waals surface area contributed by atoms with E-state index >= 15 is 0 Å². The fourth-order valence-corrected chi connectivity index (χ4v) is 4.02. The zero-order valence-electron chi connectivity index (χ0n) is 17.5. The number of benzene rings is 4. The number of oxazole rings is 1. The largest absolute Gasteiger partial charge is 0.452 e. The molecule has 0 aliphatic heterocycles. The van der Waals surface area contributed by atoms with Gasteiger partial charge in [-0.3, -0.25) is 4.79 Å². The molecule has 1 aromatic heterocycles. The van der Waals surface area contributed by atoms with E-state index in [0.29, 0.717) is 44.2 Å². The Bertz CT molecular complexity index is 1520. The molecule has 4 aromatic carbocycles. The Balaban J connectivity index is 1.42. The first-order chi connectivity index (χ1) is 16.5. The topological polar surface area (TPSA) is 81.4 Å². The predicted molar refractivity (Wildman–Crippen MR) is 132 cm³/mol. The lowest BCUT2D eigenvalue weighted by Gasteiger charge is -2.11. The Kier molecular flexibility index (Phi) is 5.92. The number of amides is 1. The summed E-state index contributed by atoms with van der Waals surface area (Å²) in [4.78, 5) is 29.9. The van der Waals surface area contributed by atoms with Crippen LogP contribution in [0.15, 0.2) is 83.3 Å². The van der Waals surface area contributed by atoms with Gasteiger partial charge in [-0.25, -0.2) is 9.78 Å². The molecule has 1 amide bonds. The van der Waals surface area contributed by atoms with Crippen molar-refractivity contribution in [1.82, 2.24) is 4.98 Å². The van der Waals surface area contributed by atoms with Gasteiger partial charge in [0.2, 0.25) is 5.89 Å². The van der Waals surface area contributed by atoms with Gasteiger partial charge in [-0.2, -0.15) is 0 Å². The van der Waals surface area contributed by atoms with E-state index in [9.17, 15) is 9.59 Å². The van der Waals surface area contributed by atoms with Crippen LogP contribution in [0.5, 0.6) is 0 Å². The number of para-hydroxylation sites is 2. The molecule has 8 heteroatoms. The number of carbonyl (C=O) groups excluding carboxylic acids is 2. The van der Waals surface area contributed by atoms with Gasteiger partial charge >= 0.3 is 5.97 Å². The average Bonchev–Trinajstić information content (AvgIpc) is 3.29. The number of ether oxygens (including phenoxy) is 1. The summed E-state index contributed by atoms with van der Waals surface area (Å²) in [5.41, 5.74) is 2.63. The maximum atomic E-state index is 13.0. The number of hydrogen-bond donors (Lipinski definition) is 1. The number of carbonyl (C=O) groups is 2. The third kappa shape index (κ3) is 4.21. The summed E-state index contributed by atoms with van der Waals surface area (Å²) in [6.07, 6.45) is 0. The van der Waals surface area contributed by atoms with Crippen LogP contribution in [0.25, 0.3) is 33.3 Å². The molecule has 0 bridgehead atoms. The van der Waals surface area contributed by atoms with Crippen molar-refractivity contribution in [3.63, 3.8) is 0 Å². The van der Waals surface area contributed by atoms with Gasteiger partial charge < -0.3 is 14.5 Å². The van der Waals surface area contributed by atoms with Gasteiger partial charge in [0.1, 0.15) is 5.52 Å². The van der Waals surface area contributed by atoms with Crippen LogP contribution >= 0.6 is 23.2 Å². The molecular formula is C26H16Cl2N2O4. The van der Waals surface area contributed by atoms with Gasteiger partial charge in [-0.1, -0.05) is 65.7 Å². The highest BCUT2D eigenvalue weighted by Crippen LogP contribution is 2.33. The SMILES string of the molecule is O=C(COC(=O)c1cccc2cccc(-c3nc4ccccc4o3)c12)Nc1cccc(Cl)c1Cl. The average molecular weight is 491 g/mol. The smallest absolute Gasteiger partial charge is 0.339 e. The Hall–Kier alpha value is -3.87. The molecule has 0 spiro atoms. The molecule has 168 valence electrons. The Labute approximate surface area is 204 Å². The molecule has 0 saturated heterocycles. The zero-order valence-corrected chi connectivity index (χ0v) is 19.1. The van der Waals surface area contributed by atoms with Gasteiger partial charge in [0.15, 0.2) is 12.2 Å². The Morgan fingerprint density at radius 2 is 1.68 bits per heavy atom. The van der Waals surface area contributed by atoms with Crippen molar-refractivity contribution in [1.29, 1.82) is 0 Å². The fraction of sp³-hybridized carbons (Fsp3) is 0.0385. The minimum atomic E-state index is -0.651. The quantitative estimate of drug-likeness (QED) is 0.275. The van der Waals surface area contributed by atoms with Crippen LogP contribution in [0, 0.1) is 0 Å². The van der Waals surface area contributed by atoms with Crippen LogP contribution in [-0.4, -0.2) is 23.5 Å². The number of esters is 1. The third-order valence-electron chi connectivity index (χ3n) is 5.21. The maximum absolute atomic E-state index is 13.0. The Morgan fingerprint density at radius 1 is 0.912 bits per heavy atom. The van der Waals surface area contributed by atoms with Crippen molar-refractivity contribution in [2.75, 3.05) is 11.9 Å². The summed E-state index contributed by atoms with van der Waals surface area (Å²) >= 11 is 12.1. The first-order valence-electron chi connectivity index (χ1n) is 10.3. The highest BCUT2D eigenvalue weighted by Gasteiger charge is 2.19. The van der Waals surface area contributed by atoms with Crippen molar-refractivity contribution in [3.8, 4) is 11.5 Å². The van der Waals surface area contributed by atoms with E-state index in [2.05, 4.69) is 10.3 Å². The zero-order chi connectivity index (χ0) is 23.7. The molecule has 1 heterocycles. The van der Waals surface area contributed by atoms with Gasteiger partial charge in [-0.15, -0.1) is 0 Å². The molecule has 0 unspecified atom stereocenters.